The highest BCUT2D eigenvalue weighted by Gasteiger charge is 2.29. The van der Waals surface area contributed by atoms with Crippen molar-refractivity contribution in [3.63, 3.8) is 0 Å². The van der Waals surface area contributed by atoms with E-state index in [9.17, 15) is 4.79 Å². The zero-order valence-electron chi connectivity index (χ0n) is 13.2. The van der Waals surface area contributed by atoms with E-state index in [4.69, 9.17) is 9.47 Å². The smallest absolute Gasteiger partial charge is 0.239 e. The number of likely N-dealkylation sites (tertiary alicyclic amines) is 1. The molecule has 0 aromatic heterocycles. The molecule has 1 heterocycles. The number of hydrogen-bond acceptors (Lipinski definition) is 4. The Labute approximate surface area is 126 Å². The summed E-state index contributed by atoms with van der Waals surface area (Å²) in [5.74, 6) is 1.66. The van der Waals surface area contributed by atoms with E-state index in [2.05, 4.69) is 12.2 Å². The van der Waals surface area contributed by atoms with Gasteiger partial charge in [0.05, 0.1) is 20.3 Å². The van der Waals surface area contributed by atoms with Crippen LogP contribution in [-0.4, -0.2) is 50.7 Å². The Hall–Kier alpha value is -1.75. The number of rotatable bonds is 6. The summed E-state index contributed by atoms with van der Waals surface area (Å²) in [6.07, 6.45) is 1.72. The predicted octanol–water partition coefficient (Wildman–Crippen LogP) is 1.46. The van der Waals surface area contributed by atoms with Crippen molar-refractivity contribution >= 4 is 5.91 Å². The molecule has 0 radical (unpaired) electrons. The number of nitrogens with zero attached hydrogens (tertiary/aromatic N) is 1. The van der Waals surface area contributed by atoms with Crippen molar-refractivity contribution < 1.29 is 14.3 Å². The van der Waals surface area contributed by atoms with E-state index in [-0.39, 0.29) is 18.0 Å². The van der Waals surface area contributed by atoms with Crippen LogP contribution in [0.15, 0.2) is 18.2 Å². The van der Waals surface area contributed by atoms with Crippen LogP contribution in [0.2, 0.25) is 0 Å². The molecule has 1 aliphatic rings. The van der Waals surface area contributed by atoms with Crippen LogP contribution in [0.1, 0.15) is 18.9 Å². The lowest BCUT2D eigenvalue weighted by molar-refractivity contribution is -0.128. The molecule has 1 aliphatic heterocycles. The van der Waals surface area contributed by atoms with Gasteiger partial charge in [-0.1, -0.05) is 6.07 Å². The molecule has 1 aromatic rings. The summed E-state index contributed by atoms with van der Waals surface area (Å²) in [7, 11) is 5.11. The van der Waals surface area contributed by atoms with Gasteiger partial charge in [-0.15, -0.1) is 0 Å². The van der Waals surface area contributed by atoms with Crippen molar-refractivity contribution in [3.05, 3.63) is 23.8 Å². The predicted molar refractivity (Wildman–Crippen MR) is 81.9 cm³/mol. The molecule has 0 aliphatic carbocycles. The van der Waals surface area contributed by atoms with Gasteiger partial charge in [0.2, 0.25) is 5.91 Å². The summed E-state index contributed by atoms with van der Waals surface area (Å²) in [6, 6.07) is 6.10. The number of ether oxygens (including phenoxy) is 2. The largest absolute Gasteiger partial charge is 0.493 e. The van der Waals surface area contributed by atoms with Gasteiger partial charge in [0.15, 0.2) is 11.5 Å². The Morgan fingerprint density at radius 3 is 2.62 bits per heavy atom. The lowest BCUT2D eigenvalue weighted by Crippen LogP contribution is -2.42. The maximum Gasteiger partial charge on any atom is 0.239 e. The molecule has 1 saturated heterocycles. The second-order valence-electron chi connectivity index (χ2n) is 5.56. The highest BCUT2D eigenvalue weighted by Crippen LogP contribution is 2.28. The molecule has 1 N–H and O–H groups in total. The number of benzene rings is 1. The summed E-state index contributed by atoms with van der Waals surface area (Å²) in [4.78, 5) is 13.7. The van der Waals surface area contributed by atoms with Crippen molar-refractivity contribution in [3.8, 4) is 11.5 Å². The minimum atomic E-state index is -0.0508. The number of methoxy groups -OCH3 is 2. The quantitative estimate of drug-likeness (QED) is 0.862. The van der Waals surface area contributed by atoms with Gasteiger partial charge in [0.1, 0.15) is 0 Å². The van der Waals surface area contributed by atoms with Gasteiger partial charge in [-0.2, -0.15) is 0 Å². The topological polar surface area (TPSA) is 50.8 Å². The van der Waals surface area contributed by atoms with Crippen LogP contribution < -0.4 is 14.8 Å². The van der Waals surface area contributed by atoms with E-state index in [0.29, 0.717) is 0 Å². The Morgan fingerprint density at radius 2 is 2.05 bits per heavy atom. The molecule has 5 heteroatoms. The van der Waals surface area contributed by atoms with E-state index in [0.717, 1.165) is 36.4 Å². The van der Waals surface area contributed by atoms with Crippen LogP contribution in [0.3, 0.4) is 0 Å². The molecule has 21 heavy (non-hydrogen) atoms. The zero-order chi connectivity index (χ0) is 15.4. The Morgan fingerprint density at radius 1 is 1.33 bits per heavy atom. The number of amides is 1. The molecular formula is C16H24N2O3. The Kier molecular flexibility index (Phi) is 5.07. The molecule has 2 rings (SSSR count). The van der Waals surface area contributed by atoms with Crippen molar-refractivity contribution in [2.24, 2.45) is 0 Å². The number of hydrogen-bond donors (Lipinski definition) is 1. The number of likely N-dealkylation sites (N-methyl/N-ethyl adjacent to an activating group) is 1. The number of nitrogens with one attached hydrogen (secondary N) is 1. The van der Waals surface area contributed by atoms with Crippen LogP contribution in [0.5, 0.6) is 11.5 Å². The van der Waals surface area contributed by atoms with E-state index >= 15 is 0 Å². The first-order valence-electron chi connectivity index (χ1n) is 7.27. The first kappa shape index (κ1) is 15.6. The molecule has 1 aromatic carbocycles. The lowest BCUT2D eigenvalue weighted by Gasteiger charge is -2.19. The first-order chi connectivity index (χ1) is 10.0. The monoisotopic (exact) mass is 292 g/mol. The summed E-state index contributed by atoms with van der Waals surface area (Å²) in [5.41, 5.74) is 1.16. The molecule has 2 atom stereocenters. The molecule has 116 valence electrons. The SMILES string of the molecule is COc1ccc(CC(C)NC2CCN(C)C2=O)cc1OC. The molecule has 5 nitrogen and oxygen atoms in total. The third-order valence-electron chi connectivity index (χ3n) is 3.90. The highest BCUT2D eigenvalue weighted by atomic mass is 16.5. The minimum Gasteiger partial charge on any atom is -0.493 e. The normalized spacial score (nSPS) is 19.7. The van der Waals surface area contributed by atoms with E-state index in [1.807, 2.05) is 25.2 Å². The van der Waals surface area contributed by atoms with Crippen molar-refractivity contribution in [2.45, 2.75) is 31.8 Å². The summed E-state index contributed by atoms with van der Waals surface area (Å²) >= 11 is 0. The maximum absolute atomic E-state index is 11.9. The van der Waals surface area contributed by atoms with Crippen molar-refractivity contribution in [1.82, 2.24) is 10.2 Å². The van der Waals surface area contributed by atoms with Crippen LogP contribution in [0, 0.1) is 0 Å². The number of carbonyl (C=O) groups is 1. The van der Waals surface area contributed by atoms with Crippen LogP contribution >= 0.6 is 0 Å². The van der Waals surface area contributed by atoms with Gasteiger partial charge in [0.25, 0.3) is 0 Å². The maximum atomic E-state index is 11.9. The average molecular weight is 292 g/mol. The molecule has 0 bridgehead atoms. The molecule has 0 spiro atoms. The Balaban J connectivity index is 1.96. The van der Waals surface area contributed by atoms with Gasteiger partial charge >= 0.3 is 0 Å². The van der Waals surface area contributed by atoms with Gasteiger partial charge in [-0.05, 0) is 37.5 Å². The van der Waals surface area contributed by atoms with E-state index < -0.39 is 0 Å². The lowest BCUT2D eigenvalue weighted by atomic mass is 10.1. The molecule has 1 fully saturated rings. The summed E-state index contributed by atoms with van der Waals surface area (Å²) in [5, 5.41) is 3.41. The third kappa shape index (κ3) is 3.67. The summed E-state index contributed by atoms with van der Waals surface area (Å²) in [6.45, 7) is 2.93. The Bertz CT molecular complexity index is 504. The van der Waals surface area contributed by atoms with Crippen LogP contribution in [-0.2, 0) is 11.2 Å². The minimum absolute atomic E-state index is 0.0508. The number of carbonyl (C=O) groups excluding carboxylic acids is 1. The van der Waals surface area contributed by atoms with Gasteiger partial charge in [0, 0.05) is 19.6 Å². The standard InChI is InChI=1S/C16H24N2O3/c1-11(17-13-7-8-18(2)16(13)19)9-12-5-6-14(20-3)15(10-12)21-4/h5-6,10-11,13,17H,7-9H2,1-4H3. The fourth-order valence-corrected chi connectivity index (χ4v) is 2.74. The highest BCUT2D eigenvalue weighted by molar-refractivity contribution is 5.83. The molecular weight excluding hydrogens is 268 g/mol. The van der Waals surface area contributed by atoms with Gasteiger partial charge in [-0.3, -0.25) is 4.79 Å². The second kappa shape index (κ2) is 6.80. The summed E-state index contributed by atoms with van der Waals surface area (Å²) < 4.78 is 10.6. The fraction of sp³-hybridized carbons (Fsp3) is 0.562. The molecule has 2 unspecified atom stereocenters. The third-order valence-corrected chi connectivity index (χ3v) is 3.90. The van der Waals surface area contributed by atoms with Crippen molar-refractivity contribution in [2.75, 3.05) is 27.8 Å². The molecule has 0 saturated carbocycles. The van der Waals surface area contributed by atoms with E-state index in [1.54, 1.807) is 19.1 Å². The van der Waals surface area contributed by atoms with Crippen LogP contribution in [0.4, 0.5) is 0 Å². The van der Waals surface area contributed by atoms with Gasteiger partial charge in [-0.25, -0.2) is 0 Å². The van der Waals surface area contributed by atoms with Gasteiger partial charge < -0.3 is 19.7 Å². The second-order valence-corrected chi connectivity index (χ2v) is 5.56. The molecule has 1 amide bonds. The average Bonchev–Trinajstić information content (AvgIpc) is 2.79. The zero-order valence-corrected chi connectivity index (χ0v) is 13.2. The first-order valence-corrected chi connectivity index (χ1v) is 7.27. The van der Waals surface area contributed by atoms with Crippen molar-refractivity contribution in [1.29, 1.82) is 0 Å². The fourth-order valence-electron chi connectivity index (χ4n) is 2.74. The van der Waals surface area contributed by atoms with Crippen LogP contribution in [0.25, 0.3) is 0 Å². The van der Waals surface area contributed by atoms with E-state index in [1.165, 1.54) is 0 Å².